The minimum atomic E-state index is -0.480. The fraction of sp³-hybridized carbons (Fsp3) is 0.143. The van der Waals surface area contributed by atoms with E-state index < -0.39 is 4.92 Å². The summed E-state index contributed by atoms with van der Waals surface area (Å²) in [5.74, 6) is 5.35. The van der Waals surface area contributed by atoms with E-state index >= 15 is 0 Å². The number of nitrogens with zero attached hydrogens (tertiary/aromatic N) is 2. The molecule has 28 heavy (non-hydrogen) atoms. The molecule has 142 valence electrons. The molecule has 7 nitrogen and oxygen atoms in total. The molecule has 0 spiro atoms. The second-order valence-corrected chi connectivity index (χ2v) is 5.98. The van der Waals surface area contributed by atoms with Crippen molar-refractivity contribution in [2.75, 3.05) is 20.6 Å². The minimum Gasteiger partial charge on any atom is -0.345 e. The molecule has 0 unspecified atom stereocenters. The van der Waals surface area contributed by atoms with Gasteiger partial charge in [0.1, 0.15) is 0 Å². The van der Waals surface area contributed by atoms with Crippen LogP contribution in [0.2, 0.25) is 0 Å². The van der Waals surface area contributed by atoms with E-state index in [0.717, 1.165) is 5.56 Å². The normalized spacial score (nSPS) is 10.1. The summed E-state index contributed by atoms with van der Waals surface area (Å²) in [6, 6.07) is 12.8. The maximum absolute atomic E-state index is 11.8. The summed E-state index contributed by atoms with van der Waals surface area (Å²) in [5.41, 5.74) is 2.00. The van der Waals surface area contributed by atoms with Gasteiger partial charge in [0.2, 0.25) is 5.91 Å². The van der Waals surface area contributed by atoms with Gasteiger partial charge >= 0.3 is 0 Å². The van der Waals surface area contributed by atoms with Gasteiger partial charge < -0.3 is 10.2 Å². The summed E-state index contributed by atoms with van der Waals surface area (Å²) in [6.45, 7) is 0.168. The molecule has 0 heterocycles. The van der Waals surface area contributed by atoms with Gasteiger partial charge in [0, 0.05) is 43.4 Å². The summed E-state index contributed by atoms with van der Waals surface area (Å²) in [6.07, 6.45) is 2.90. The van der Waals surface area contributed by atoms with Crippen molar-refractivity contribution >= 4 is 23.6 Å². The number of nitro groups is 1. The Morgan fingerprint density at radius 2 is 1.75 bits per heavy atom. The highest BCUT2D eigenvalue weighted by Gasteiger charge is 2.06. The number of hydrogen-bond acceptors (Lipinski definition) is 4. The molecule has 0 saturated heterocycles. The van der Waals surface area contributed by atoms with Gasteiger partial charge in [0.25, 0.3) is 11.6 Å². The van der Waals surface area contributed by atoms with E-state index in [-0.39, 0.29) is 24.0 Å². The number of carbonyl (C=O) groups excluding carboxylic acids is 2. The van der Waals surface area contributed by atoms with Crippen LogP contribution >= 0.6 is 0 Å². The second-order valence-electron chi connectivity index (χ2n) is 5.98. The van der Waals surface area contributed by atoms with E-state index in [4.69, 9.17) is 0 Å². The average Bonchev–Trinajstić information content (AvgIpc) is 2.69. The molecular formula is C21H19N3O4. The van der Waals surface area contributed by atoms with Crippen molar-refractivity contribution in [1.29, 1.82) is 0 Å². The molecule has 2 rings (SSSR count). The van der Waals surface area contributed by atoms with Crippen molar-refractivity contribution in [3.63, 3.8) is 0 Å². The Hall–Kier alpha value is -3.92. The SMILES string of the molecule is CN(C)C(=O)c1ccc(C#CCNC(=O)/C=C/c2ccc([N+](=O)[O-])cc2)cc1. The number of amides is 2. The summed E-state index contributed by atoms with van der Waals surface area (Å²) < 4.78 is 0. The summed E-state index contributed by atoms with van der Waals surface area (Å²) in [7, 11) is 3.38. The summed E-state index contributed by atoms with van der Waals surface area (Å²) in [5, 5.41) is 13.2. The molecule has 0 atom stereocenters. The predicted molar refractivity (Wildman–Crippen MR) is 106 cm³/mol. The van der Waals surface area contributed by atoms with Crippen molar-refractivity contribution in [2.24, 2.45) is 0 Å². The van der Waals surface area contributed by atoms with E-state index in [2.05, 4.69) is 17.2 Å². The van der Waals surface area contributed by atoms with E-state index in [1.54, 1.807) is 56.6 Å². The molecule has 2 aromatic carbocycles. The molecule has 0 bridgehead atoms. The Labute approximate surface area is 162 Å². The van der Waals surface area contributed by atoms with Crippen LogP contribution in [0.5, 0.6) is 0 Å². The number of non-ortho nitro benzene ring substituents is 1. The number of carbonyl (C=O) groups is 2. The number of benzene rings is 2. The Morgan fingerprint density at radius 3 is 2.32 bits per heavy atom. The lowest BCUT2D eigenvalue weighted by Crippen LogP contribution is -2.21. The van der Waals surface area contributed by atoms with Crippen LogP contribution in [0.3, 0.4) is 0 Å². The van der Waals surface area contributed by atoms with Gasteiger partial charge in [-0.1, -0.05) is 11.8 Å². The number of nitro benzene ring substituents is 1. The van der Waals surface area contributed by atoms with E-state index in [1.165, 1.54) is 23.1 Å². The fourth-order valence-corrected chi connectivity index (χ4v) is 2.17. The van der Waals surface area contributed by atoms with E-state index in [1.807, 2.05) is 0 Å². The van der Waals surface area contributed by atoms with Crippen LogP contribution in [-0.2, 0) is 4.79 Å². The highest BCUT2D eigenvalue weighted by Crippen LogP contribution is 2.12. The highest BCUT2D eigenvalue weighted by atomic mass is 16.6. The van der Waals surface area contributed by atoms with Crippen LogP contribution in [-0.4, -0.2) is 42.3 Å². The van der Waals surface area contributed by atoms with Crippen LogP contribution in [0.25, 0.3) is 6.08 Å². The topological polar surface area (TPSA) is 92.6 Å². The molecule has 2 amide bonds. The smallest absolute Gasteiger partial charge is 0.269 e. The van der Waals surface area contributed by atoms with Crippen LogP contribution in [0.15, 0.2) is 54.6 Å². The Bertz CT molecular complexity index is 950. The average molecular weight is 377 g/mol. The van der Waals surface area contributed by atoms with Gasteiger partial charge in [-0.25, -0.2) is 0 Å². The molecule has 0 aliphatic heterocycles. The number of rotatable bonds is 5. The van der Waals surface area contributed by atoms with E-state index in [9.17, 15) is 19.7 Å². The van der Waals surface area contributed by atoms with Crippen molar-refractivity contribution in [3.8, 4) is 11.8 Å². The molecule has 0 radical (unpaired) electrons. The Kier molecular flexibility index (Phi) is 7.06. The molecule has 1 N–H and O–H groups in total. The number of hydrogen-bond donors (Lipinski definition) is 1. The zero-order chi connectivity index (χ0) is 20.5. The molecule has 0 aromatic heterocycles. The van der Waals surface area contributed by atoms with Crippen molar-refractivity contribution < 1.29 is 14.5 Å². The molecule has 0 fully saturated rings. The zero-order valence-corrected chi connectivity index (χ0v) is 15.5. The van der Waals surface area contributed by atoms with Crippen molar-refractivity contribution in [2.45, 2.75) is 0 Å². The molecule has 2 aromatic rings. The first-order chi connectivity index (χ1) is 13.4. The molecule has 0 aliphatic rings. The first-order valence-electron chi connectivity index (χ1n) is 8.38. The van der Waals surface area contributed by atoms with Gasteiger partial charge in [-0.2, -0.15) is 0 Å². The van der Waals surface area contributed by atoms with Gasteiger partial charge in [0.15, 0.2) is 0 Å². The molecule has 0 saturated carbocycles. The van der Waals surface area contributed by atoms with Crippen molar-refractivity contribution in [3.05, 3.63) is 81.4 Å². The summed E-state index contributed by atoms with van der Waals surface area (Å²) in [4.78, 5) is 35.2. The third-order valence-electron chi connectivity index (χ3n) is 3.65. The lowest BCUT2D eigenvalue weighted by atomic mass is 10.1. The first kappa shape index (κ1) is 20.4. The monoisotopic (exact) mass is 377 g/mol. The van der Waals surface area contributed by atoms with Gasteiger partial charge in [0.05, 0.1) is 11.5 Å². The standard InChI is InChI=1S/C21H19N3O4/c1-23(2)21(26)18-10-5-16(6-11-18)4-3-15-22-20(25)14-9-17-7-12-19(13-8-17)24(27)28/h5-14H,15H2,1-2H3,(H,22,25)/b14-9+. The van der Waals surface area contributed by atoms with Crippen LogP contribution in [0.4, 0.5) is 5.69 Å². The van der Waals surface area contributed by atoms with Gasteiger partial charge in [-0.15, -0.1) is 0 Å². The van der Waals surface area contributed by atoms with Crippen LogP contribution < -0.4 is 5.32 Å². The first-order valence-corrected chi connectivity index (χ1v) is 8.38. The molecule has 0 aliphatic carbocycles. The Morgan fingerprint density at radius 1 is 1.11 bits per heavy atom. The minimum absolute atomic E-state index is 0.00371. The second kappa shape index (κ2) is 9.69. The Balaban J connectivity index is 1.84. The van der Waals surface area contributed by atoms with Crippen LogP contribution in [0, 0.1) is 22.0 Å². The maximum atomic E-state index is 11.8. The third-order valence-corrected chi connectivity index (χ3v) is 3.65. The zero-order valence-electron chi connectivity index (χ0n) is 15.5. The lowest BCUT2D eigenvalue weighted by Gasteiger charge is -2.09. The predicted octanol–water partition coefficient (Wildman–Crippen LogP) is 2.48. The third kappa shape index (κ3) is 6.11. The molecular weight excluding hydrogens is 358 g/mol. The quantitative estimate of drug-likeness (QED) is 0.375. The molecule has 7 heteroatoms. The van der Waals surface area contributed by atoms with Crippen molar-refractivity contribution in [1.82, 2.24) is 10.2 Å². The van der Waals surface area contributed by atoms with E-state index in [0.29, 0.717) is 11.1 Å². The largest absolute Gasteiger partial charge is 0.345 e. The summed E-state index contributed by atoms with van der Waals surface area (Å²) >= 11 is 0. The van der Waals surface area contributed by atoms with Gasteiger partial charge in [-0.05, 0) is 48.0 Å². The lowest BCUT2D eigenvalue weighted by molar-refractivity contribution is -0.384. The van der Waals surface area contributed by atoms with Crippen LogP contribution in [0.1, 0.15) is 21.5 Å². The number of nitrogens with one attached hydrogen (secondary N) is 1. The fourth-order valence-electron chi connectivity index (χ4n) is 2.17. The van der Waals surface area contributed by atoms with Gasteiger partial charge in [-0.3, -0.25) is 19.7 Å². The maximum Gasteiger partial charge on any atom is 0.269 e. The highest BCUT2D eigenvalue weighted by molar-refractivity contribution is 5.94.